The molecule has 134 valence electrons. The number of aromatic amines is 1. The topological polar surface area (TPSA) is 97.0 Å². The van der Waals surface area contributed by atoms with Crippen LogP contribution in [0.15, 0.2) is 60.0 Å². The standard InChI is InChI=1S/C20H15FN4O2/c1-26-12-6-4-5-11(9-12)18-17-16(13-7-2-3-8-15(13)21)14(10-22)19(23)27-20(17)25-24-18/h2-9,16H,23H2,1H3,(H,24,25)/t16-/m0/s1. The minimum atomic E-state index is -0.736. The van der Waals surface area contributed by atoms with Gasteiger partial charge >= 0.3 is 0 Å². The Morgan fingerprint density at radius 3 is 2.81 bits per heavy atom. The second-order valence-corrected chi connectivity index (χ2v) is 6.00. The zero-order valence-electron chi connectivity index (χ0n) is 14.4. The lowest BCUT2D eigenvalue weighted by Crippen LogP contribution is -2.21. The SMILES string of the molecule is COc1cccc(-c2[nH]nc3c2[C@@H](c2ccccc2F)C(C#N)=C(N)O3)c1. The van der Waals surface area contributed by atoms with Crippen molar-refractivity contribution in [1.82, 2.24) is 10.2 Å². The number of ether oxygens (including phenoxy) is 2. The number of fused-ring (bicyclic) bond motifs is 1. The van der Waals surface area contributed by atoms with E-state index < -0.39 is 11.7 Å². The molecule has 2 heterocycles. The maximum Gasteiger partial charge on any atom is 0.244 e. The Morgan fingerprint density at radius 1 is 1.26 bits per heavy atom. The molecule has 4 rings (SSSR count). The zero-order chi connectivity index (χ0) is 19.0. The van der Waals surface area contributed by atoms with Gasteiger partial charge in [0, 0.05) is 11.1 Å². The van der Waals surface area contributed by atoms with Crippen LogP contribution in [-0.4, -0.2) is 17.3 Å². The summed E-state index contributed by atoms with van der Waals surface area (Å²) in [4.78, 5) is 0. The molecule has 1 atom stereocenters. The minimum absolute atomic E-state index is 0.0815. The number of aromatic nitrogens is 2. The lowest BCUT2D eigenvalue weighted by molar-refractivity contribution is 0.378. The number of benzene rings is 2. The van der Waals surface area contributed by atoms with Gasteiger partial charge in [0.2, 0.25) is 11.8 Å². The van der Waals surface area contributed by atoms with Crippen molar-refractivity contribution in [1.29, 1.82) is 5.26 Å². The van der Waals surface area contributed by atoms with Gasteiger partial charge in [-0.1, -0.05) is 30.3 Å². The minimum Gasteiger partial charge on any atom is -0.497 e. The van der Waals surface area contributed by atoms with Gasteiger partial charge in [0.05, 0.1) is 24.3 Å². The third kappa shape index (κ3) is 2.68. The highest BCUT2D eigenvalue weighted by atomic mass is 19.1. The molecule has 1 aromatic heterocycles. The van der Waals surface area contributed by atoms with Crippen molar-refractivity contribution in [2.24, 2.45) is 5.73 Å². The van der Waals surface area contributed by atoms with Gasteiger partial charge in [0.25, 0.3) is 0 Å². The van der Waals surface area contributed by atoms with E-state index in [1.54, 1.807) is 25.3 Å². The molecule has 0 saturated carbocycles. The van der Waals surface area contributed by atoms with Gasteiger partial charge in [-0.3, -0.25) is 5.10 Å². The molecule has 0 spiro atoms. The number of H-pyrrole nitrogens is 1. The summed E-state index contributed by atoms with van der Waals surface area (Å²) in [5.41, 5.74) is 8.31. The van der Waals surface area contributed by atoms with E-state index in [0.717, 1.165) is 5.56 Å². The van der Waals surface area contributed by atoms with Crippen LogP contribution in [0, 0.1) is 17.1 Å². The number of hydrogen-bond acceptors (Lipinski definition) is 5. The van der Waals surface area contributed by atoms with Crippen molar-refractivity contribution in [3.63, 3.8) is 0 Å². The summed E-state index contributed by atoms with van der Waals surface area (Å²) in [5, 5.41) is 16.8. The first kappa shape index (κ1) is 16.7. The van der Waals surface area contributed by atoms with E-state index in [-0.39, 0.29) is 17.3 Å². The molecule has 0 aliphatic carbocycles. The van der Waals surface area contributed by atoms with Gasteiger partial charge in [-0.15, -0.1) is 5.10 Å². The van der Waals surface area contributed by atoms with Gasteiger partial charge in [-0.2, -0.15) is 5.26 Å². The molecular weight excluding hydrogens is 347 g/mol. The molecule has 6 nitrogen and oxygen atoms in total. The van der Waals surface area contributed by atoms with E-state index in [9.17, 15) is 9.65 Å². The second-order valence-electron chi connectivity index (χ2n) is 6.00. The Hall–Kier alpha value is -3.79. The van der Waals surface area contributed by atoms with Crippen LogP contribution in [0.4, 0.5) is 4.39 Å². The molecule has 7 heteroatoms. The number of nitriles is 1. The van der Waals surface area contributed by atoms with E-state index in [2.05, 4.69) is 16.3 Å². The van der Waals surface area contributed by atoms with Crippen molar-refractivity contribution in [2.45, 2.75) is 5.92 Å². The molecule has 0 unspecified atom stereocenters. The van der Waals surface area contributed by atoms with E-state index >= 15 is 0 Å². The van der Waals surface area contributed by atoms with Crippen LogP contribution < -0.4 is 15.2 Å². The molecule has 0 amide bonds. The van der Waals surface area contributed by atoms with Crippen LogP contribution in [0.2, 0.25) is 0 Å². The maximum absolute atomic E-state index is 14.6. The predicted molar refractivity (Wildman–Crippen MR) is 96.3 cm³/mol. The van der Waals surface area contributed by atoms with Crippen molar-refractivity contribution in [2.75, 3.05) is 7.11 Å². The van der Waals surface area contributed by atoms with E-state index in [1.807, 2.05) is 24.3 Å². The highest BCUT2D eigenvalue weighted by Crippen LogP contribution is 2.46. The van der Waals surface area contributed by atoms with Gasteiger partial charge in [0.1, 0.15) is 23.2 Å². The predicted octanol–water partition coefficient (Wildman–Crippen LogP) is 3.44. The van der Waals surface area contributed by atoms with Crippen molar-refractivity contribution >= 4 is 0 Å². The number of allylic oxidation sites excluding steroid dienone is 1. The summed E-state index contributed by atoms with van der Waals surface area (Å²) in [5.74, 6) is -0.376. The monoisotopic (exact) mass is 362 g/mol. The molecular formula is C20H15FN4O2. The van der Waals surface area contributed by atoms with Gasteiger partial charge < -0.3 is 15.2 Å². The molecule has 1 aliphatic heterocycles. The number of nitrogens with two attached hydrogens (primary N) is 1. The quantitative estimate of drug-likeness (QED) is 0.744. The summed E-state index contributed by atoms with van der Waals surface area (Å²) >= 11 is 0. The fraction of sp³-hybridized carbons (Fsp3) is 0.100. The Morgan fingerprint density at radius 2 is 2.07 bits per heavy atom. The first-order valence-electron chi connectivity index (χ1n) is 8.18. The summed E-state index contributed by atoms with van der Waals surface area (Å²) in [6.07, 6.45) is 0. The molecule has 3 N–H and O–H groups in total. The Labute approximate surface area is 154 Å². The highest BCUT2D eigenvalue weighted by molar-refractivity contribution is 5.71. The normalized spacial score (nSPS) is 15.7. The molecule has 2 aromatic carbocycles. The molecule has 27 heavy (non-hydrogen) atoms. The number of nitrogens with one attached hydrogen (secondary N) is 1. The lowest BCUT2D eigenvalue weighted by Gasteiger charge is -2.24. The first-order chi connectivity index (χ1) is 13.1. The van der Waals surface area contributed by atoms with Crippen molar-refractivity contribution in [3.05, 3.63) is 76.9 Å². The summed E-state index contributed by atoms with van der Waals surface area (Å²) in [6.45, 7) is 0. The van der Waals surface area contributed by atoms with E-state index in [4.69, 9.17) is 15.2 Å². The largest absolute Gasteiger partial charge is 0.497 e. The summed E-state index contributed by atoms with van der Waals surface area (Å²) in [7, 11) is 1.57. The van der Waals surface area contributed by atoms with Crippen LogP contribution in [0.5, 0.6) is 11.6 Å². The molecule has 1 aliphatic rings. The molecule has 0 saturated heterocycles. The van der Waals surface area contributed by atoms with Crippen LogP contribution in [0.3, 0.4) is 0 Å². The fourth-order valence-corrected chi connectivity index (χ4v) is 3.26. The maximum atomic E-state index is 14.6. The number of nitrogens with zero attached hydrogens (tertiary/aromatic N) is 2. The molecule has 3 aromatic rings. The number of hydrogen-bond donors (Lipinski definition) is 2. The number of halogens is 1. The molecule has 0 fully saturated rings. The number of methoxy groups -OCH3 is 1. The van der Waals surface area contributed by atoms with Crippen LogP contribution >= 0.6 is 0 Å². The van der Waals surface area contributed by atoms with Crippen molar-refractivity contribution < 1.29 is 13.9 Å². The van der Waals surface area contributed by atoms with Crippen LogP contribution in [0.1, 0.15) is 17.0 Å². The highest BCUT2D eigenvalue weighted by Gasteiger charge is 2.36. The van der Waals surface area contributed by atoms with Gasteiger partial charge in [0.15, 0.2) is 0 Å². The first-order valence-corrected chi connectivity index (χ1v) is 8.18. The fourth-order valence-electron chi connectivity index (χ4n) is 3.26. The average Bonchev–Trinajstić information content (AvgIpc) is 3.11. The molecule has 0 bridgehead atoms. The zero-order valence-corrected chi connectivity index (χ0v) is 14.4. The second kappa shape index (κ2) is 6.50. The Balaban J connectivity index is 1.97. The average molecular weight is 362 g/mol. The smallest absolute Gasteiger partial charge is 0.244 e. The van der Waals surface area contributed by atoms with Crippen LogP contribution in [0.25, 0.3) is 11.3 Å². The van der Waals surface area contributed by atoms with Gasteiger partial charge in [-0.25, -0.2) is 4.39 Å². The Kier molecular flexibility index (Phi) is 4.01. The van der Waals surface area contributed by atoms with Crippen molar-refractivity contribution in [3.8, 4) is 29.0 Å². The van der Waals surface area contributed by atoms with Gasteiger partial charge in [-0.05, 0) is 18.2 Å². The lowest BCUT2D eigenvalue weighted by atomic mass is 9.83. The summed E-state index contributed by atoms with van der Waals surface area (Å²) in [6, 6.07) is 15.7. The third-order valence-corrected chi connectivity index (χ3v) is 4.51. The Bertz CT molecular complexity index is 1100. The number of rotatable bonds is 3. The summed E-state index contributed by atoms with van der Waals surface area (Å²) < 4.78 is 25.4. The van der Waals surface area contributed by atoms with E-state index in [0.29, 0.717) is 22.6 Å². The third-order valence-electron chi connectivity index (χ3n) is 4.51. The van der Waals surface area contributed by atoms with E-state index in [1.165, 1.54) is 6.07 Å². The van der Waals surface area contributed by atoms with Crippen LogP contribution in [-0.2, 0) is 0 Å². The molecule has 0 radical (unpaired) electrons.